The molecule has 24 heavy (non-hydrogen) atoms. The van der Waals surface area contributed by atoms with Crippen LogP contribution in [0.1, 0.15) is 32.1 Å². The van der Waals surface area contributed by atoms with Crippen molar-refractivity contribution in [1.29, 1.82) is 0 Å². The molecule has 0 radical (unpaired) electrons. The molecule has 2 rings (SSSR count). The second-order valence-electron chi connectivity index (χ2n) is 5.55. The van der Waals surface area contributed by atoms with Crippen molar-refractivity contribution in [3.8, 4) is 5.75 Å². The number of carbonyl (C=O) groups excluding carboxylic acids is 2. The third-order valence-corrected chi connectivity index (χ3v) is 4.67. The minimum absolute atomic E-state index is 0.177. The van der Waals surface area contributed by atoms with Crippen LogP contribution in [0, 0.1) is 0 Å². The third kappa shape index (κ3) is 6.04. The predicted molar refractivity (Wildman–Crippen MR) is 92.9 cm³/mol. The molecule has 0 unspecified atom stereocenters. The quantitative estimate of drug-likeness (QED) is 0.585. The number of rotatable bonds is 6. The van der Waals surface area contributed by atoms with Crippen LogP contribution < -0.4 is 10.1 Å². The van der Waals surface area contributed by atoms with E-state index in [1.807, 2.05) is 0 Å². The fraction of sp³-hybridized carbons (Fsp3) is 0.500. The Bertz CT molecular complexity index is 603. The third-order valence-electron chi connectivity index (χ3n) is 3.65. The number of esters is 1. The Balaban J connectivity index is 1.71. The van der Waals surface area contributed by atoms with Gasteiger partial charge in [0.25, 0.3) is 5.91 Å². The first-order chi connectivity index (χ1) is 11.5. The maximum Gasteiger partial charge on any atom is 0.344 e. The molecule has 1 aliphatic rings. The summed E-state index contributed by atoms with van der Waals surface area (Å²) in [6.45, 7) is -0.706. The molecule has 0 aliphatic heterocycles. The standard InChI is InChI=1S/C16H18Cl3NO4/c17-11-6-13(19)14(7-12(11)18)23-9-16(22)24-8-15(21)20-10-4-2-1-3-5-10/h6-7,10H,1-5,8-9H2,(H,20,21). The van der Waals surface area contributed by atoms with E-state index in [4.69, 9.17) is 44.3 Å². The second kappa shape index (κ2) is 9.35. The van der Waals surface area contributed by atoms with Crippen molar-refractivity contribution in [3.63, 3.8) is 0 Å². The van der Waals surface area contributed by atoms with Crippen molar-refractivity contribution < 1.29 is 19.1 Å². The number of amides is 1. The van der Waals surface area contributed by atoms with Crippen LogP contribution in [0.2, 0.25) is 15.1 Å². The molecule has 1 aromatic carbocycles. The normalized spacial score (nSPS) is 15.0. The highest BCUT2D eigenvalue weighted by Crippen LogP contribution is 2.33. The summed E-state index contributed by atoms with van der Waals surface area (Å²) in [5, 5.41) is 3.64. The van der Waals surface area contributed by atoms with Gasteiger partial charge in [-0.2, -0.15) is 0 Å². The lowest BCUT2D eigenvalue weighted by Gasteiger charge is -2.22. The molecule has 1 fully saturated rings. The Labute approximate surface area is 155 Å². The fourth-order valence-corrected chi connectivity index (χ4v) is 3.05. The number of halogens is 3. The Kier molecular flexibility index (Phi) is 7.46. The van der Waals surface area contributed by atoms with Gasteiger partial charge in [-0.15, -0.1) is 0 Å². The van der Waals surface area contributed by atoms with Gasteiger partial charge in [0, 0.05) is 12.1 Å². The van der Waals surface area contributed by atoms with Gasteiger partial charge in [0.2, 0.25) is 0 Å². The van der Waals surface area contributed by atoms with E-state index in [-0.39, 0.29) is 46.0 Å². The summed E-state index contributed by atoms with van der Waals surface area (Å²) >= 11 is 17.6. The average Bonchev–Trinajstić information content (AvgIpc) is 2.56. The molecule has 1 aliphatic carbocycles. The summed E-state index contributed by atoms with van der Waals surface area (Å²) in [6.07, 6.45) is 5.37. The SMILES string of the molecule is O=C(COC(=O)COc1cc(Cl)c(Cl)cc1Cl)NC1CCCCC1. The van der Waals surface area contributed by atoms with Crippen LogP contribution in [0.4, 0.5) is 0 Å². The molecule has 1 amide bonds. The minimum atomic E-state index is -0.670. The lowest BCUT2D eigenvalue weighted by Crippen LogP contribution is -2.39. The van der Waals surface area contributed by atoms with E-state index in [1.165, 1.54) is 18.6 Å². The summed E-state index contributed by atoms with van der Waals surface area (Å²) in [5.74, 6) is -0.756. The number of benzene rings is 1. The molecule has 0 saturated heterocycles. The molecule has 132 valence electrons. The van der Waals surface area contributed by atoms with Crippen LogP contribution in [-0.2, 0) is 14.3 Å². The van der Waals surface area contributed by atoms with Crippen molar-refractivity contribution in [2.45, 2.75) is 38.1 Å². The highest BCUT2D eigenvalue weighted by Gasteiger charge is 2.17. The Morgan fingerprint density at radius 1 is 1.00 bits per heavy atom. The van der Waals surface area contributed by atoms with E-state index in [0.29, 0.717) is 0 Å². The number of carbonyl (C=O) groups is 2. The molecule has 8 heteroatoms. The van der Waals surface area contributed by atoms with Crippen LogP contribution in [0.5, 0.6) is 5.75 Å². The molecular weight excluding hydrogens is 377 g/mol. The summed E-state index contributed by atoms with van der Waals surface area (Å²) < 4.78 is 10.1. The van der Waals surface area contributed by atoms with E-state index < -0.39 is 5.97 Å². The van der Waals surface area contributed by atoms with Crippen LogP contribution in [0.25, 0.3) is 0 Å². The average molecular weight is 395 g/mol. The van der Waals surface area contributed by atoms with Crippen molar-refractivity contribution in [2.75, 3.05) is 13.2 Å². The number of hydrogen-bond donors (Lipinski definition) is 1. The minimum Gasteiger partial charge on any atom is -0.480 e. The van der Waals surface area contributed by atoms with Gasteiger partial charge in [-0.05, 0) is 18.9 Å². The zero-order valence-corrected chi connectivity index (χ0v) is 15.2. The first kappa shape index (κ1) is 19.2. The van der Waals surface area contributed by atoms with Crippen molar-refractivity contribution in [2.24, 2.45) is 0 Å². The molecule has 1 aromatic rings. The van der Waals surface area contributed by atoms with Crippen molar-refractivity contribution in [3.05, 3.63) is 27.2 Å². The van der Waals surface area contributed by atoms with Crippen molar-refractivity contribution in [1.82, 2.24) is 5.32 Å². The van der Waals surface area contributed by atoms with Gasteiger partial charge in [-0.1, -0.05) is 54.1 Å². The maximum atomic E-state index is 11.7. The van der Waals surface area contributed by atoms with E-state index in [1.54, 1.807) is 0 Å². The van der Waals surface area contributed by atoms with Gasteiger partial charge in [0.15, 0.2) is 13.2 Å². The molecule has 0 bridgehead atoms. The Morgan fingerprint density at radius 3 is 2.38 bits per heavy atom. The summed E-state index contributed by atoms with van der Waals surface area (Å²) in [4.78, 5) is 23.4. The fourth-order valence-electron chi connectivity index (χ4n) is 2.46. The zero-order valence-electron chi connectivity index (χ0n) is 12.9. The summed E-state index contributed by atoms with van der Waals surface area (Å²) in [5.41, 5.74) is 0. The highest BCUT2D eigenvalue weighted by atomic mass is 35.5. The molecule has 0 aromatic heterocycles. The van der Waals surface area contributed by atoms with E-state index >= 15 is 0 Å². The molecule has 1 saturated carbocycles. The maximum absolute atomic E-state index is 11.7. The zero-order chi connectivity index (χ0) is 17.5. The lowest BCUT2D eigenvalue weighted by molar-refractivity contribution is -0.150. The van der Waals surface area contributed by atoms with Gasteiger partial charge in [0.1, 0.15) is 5.75 Å². The van der Waals surface area contributed by atoms with E-state index in [0.717, 1.165) is 25.7 Å². The molecule has 0 spiro atoms. The van der Waals surface area contributed by atoms with Crippen LogP contribution >= 0.6 is 34.8 Å². The Hall–Kier alpha value is -1.17. The van der Waals surface area contributed by atoms with E-state index in [2.05, 4.69) is 5.32 Å². The molecule has 0 heterocycles. The monoisotopic (exact) mass is 393 g/mol. The molecule has 5 nitrogen and oxygen atoms in total. The van der Waals surface area contributed by atoms with Gasteiger partial charge in [0.05, 0.1) is 15.1 Å². The van der Waals surface area contributed by atoms with Crippen molar-refractivity contribution >= 4 is 46.7 Å². The topological polar surface area (TPSA) is 64.6 Å². The first-order valence-corrected chi connectivity index (χ1v) is 8.81. The van der Waals surface area contributed by atoms with Gasteiger partial charge >= 0.3 is 5.97 Å². The predicted octanol–water partition coefficient (Wildman–Crippen LogP) is 4.02. The van der Waals surface area contributed by atoms with E-state index in [9.17, 15) is 9.59 Å². The number of hydrogen-bond acceptors (Lipinski definition) is 4. The van der Waals surface area contributed by atoms with Gasteiger partial charge < -0.3 is 14.8 Å². The number of ether oxygens (including phenoxy) is 2. The lowest BCUT2D eigenvalue weighted by atomic mass is 9.95. The van der Waals surface area contributed by atoms with Crippen LogP contribution in [-0.4, -0.2) is 31.1 Å². The van der Waals surface area contributed by atoms with Crippen LogP contribution in [0.3, 0.4) is 0 Å². The van der Waals surface area contributed by atoms with Gasteiger partial charge in [-0.3, -0.25) is 4.79 Å². The molecular formula is C16H18Cl3NO4. The smallest absolute Gasteiger partial charge is 0.344 e. The second-order valence-corrected chi connectivity index (χ2v) is 6.77. The highest BCUT2D eigenvalue weighted by molar-refractivity contribution is 6.43. The largest absolute Gasteiger partial charge is 0.480 e. The Morgan fingerprint density at radius 2 is 1.67 bits per heavy atom. The van der Waals surface area contributed by atoms with Gasteiger partial charge in [-0.25, -0.2) is 4.79 Å². The summed E-state index contributed by atoms with van der Waals surface area (Å²) in [6, 6.07) is 3.01. The summed E-state index contributed by atoms with van der Waals surface area (Å²) in [7, 11) is 0. The molecule has 1 N–H and O–H groups in total. The molecule has 0 atom stereocenters. The van der Waals surface area contributed by atoms with Crippen LogP contribution in [0.15, 0.2) is 12.1 Å². The number of nitrogens with one attached hydrogen (secondary N) is 1. The first-order valence-electron chi connectivity index (χ1n) is 7.68.